The van der Waals surface area contributed by atoms with Crippen LogP contribution < -0.4 is 5.32 Å². The summed E-state index contributed by atoms with van der Waals surface area (Å²) in [6, 6.07) is 13.3. The number of hydrogen-bond acceptors (Lipinski definition) is 4. The van der Waals surface area contributed by atoms with Crippen LogP contribution >= 0.6 is 0 Å². The van der Waals surface area contributed by atoms with Crippen molar-refractivity contribution in [3.63, 3.8) is 0 Å². The molecule has 7 heteroatoms. The van der Waals surface area contributed by atoms with Gasteiger partial charge >= 0.3 is 5.97 Å². The lowest BCUT2D eigenvalue weighted by atomic mass is 9.78. The third kappa shape index (κ3) is 4.21. The van der Waals surface area contributed by atoms with Crippen molar-refractivity contribution >= 4 is 23.7 Å². The minimum absolute atomic E-state index is 0.0960. The zero-order chi connectivity index (χ0) is 22.0. The maximum Gasteiger partial charge on any atom is 0.335 e. The Labute approximate surface area is 180 Å². The minimum Gasteiger partial charge on any atom is -0.478 e. The molecule has 2 atom stereocenters. The summed E-state index contributed by atoms with van der Waals surface area (Å²) in [4.78, 5) is 50.8. The van der Waals surface area contributed by atoms with Crippen molar-refractivity contribution in [2.75, 3.05) is 6.54 Å². The second-order valence-electron chi connectivity index (χ2n) is 8.14. The Morgan fingerprint density at radius 1 is 0.968 bits per heavy atom. The van der Waals surface area contributed by atoms with Crippen molar-refractivity contribution in [1.29, 1.82) is 0 Å². The van der Waals surface area contributed by atoms with E-state index < -0.39 is 5.97 Å². The standard InChI is InChI=1S/C24H24N2O5/c27-21(25-13-15-6-5-8-16(12-15)24(30)31)18-9-2-1-7-17(18)14-26-22(28)19-10-3-4-11-20(19)23(26)29/h3-6,8,10-12,17-18H,1-2,7,9,13-14H2,(H,25,27)(H,30,31). The van der Waals surface area contributed by atoms with Crippen molar-refractivity contribution in [3.05, 3.63) is 70.8 Å². The second-order valence-corrected chi connectivity index (χ2v) is 8.14. The molecule has 1 saturated carbocycles. The van der Waals surface area contributed by atoms with Gasteiger partial charge < -0.3 is 10.4 Å². The highest BCUT2D eigenvalue weighted by Crippen LogP contribution is 2.33. The number of nitrogens with zero attached hydrogens (tertiary/aromatic N) is 1. The van der Waals surface area contributed by atoms with E-state index in [0.717, 1.165) is 19.3 Å². The molecule has 2 aliphatic rings. The fourth-order valence-corrected chi connectivity index (χ4v) is 4.55. The zero-order valence-electron chi connectivity index (χ0n) is 17.0. The van der Waals surface area contributed by atoms with E-state index in [1.54, 1.807) is 42.5 Å². The fraction of sp³-hybridized carbons (Fsp3) is 0.333. The molecule has 2 aromatic carbocycles. The number of carboxylic acid groups (broad SMARTS) is 1. The molecular weight excluding hydrogens is 396 g/mol. The normalized spacial score (nSPS) is 20.5. The number of carboxylic acids is 1. The van der Waals surface area contributed by atoms with Gasteiger partial charge in [-0.1, -0.05) is 37.1 Å². The molecule has 2 unspecified atom stereocenters. The van der Waals surface area contributed by atoms with E-state index in [2.05, 4.69) is 5.32 Å². The second kappa shape index (κ2) is 8.71. The molecule has 7 nitrogen and oxygen atoms in total. The number of fused-ring (bicyclic) bond motifs is 1. The minimum atomic E-state index is -1.01. The summed E-state index contributed by atoms with van der Waals surface area (Å²) < 4.78 is 0. The van der Waals surface area contributed by atoms with Gasteiger partial charge in [0.15, 0.2) is 0 Å². The lowest BCUT2D eigenvalue weighted by molar-refractivity contribution is -0.128. The van der Waals surface area contributed by atoms with Crippen molar-refractivity contribution in [2.24, 2.45) is 11.8 Å². The van der Waals surface area contributed by atoms with Gasteiger partial charge in [-0.05, 0) is 48.6 Å². The van der Waals surface area contributed by atoms with Crippen LogP contribution in [0.5, 0.6) is 0 Å². The molecule has 160 valence electrons. The predicted octanol–water partition coefficient (Wildman–Crippen LogP) is 3.10. The van der Waals surface area contributed by atoms with Gasteiger partial charge in [-0.15, -0.1) is 0 Å². The van der Waals surface area contributed by atoms with Crippen LogP contribution in [0.15, 0.2) is 48.5 Å². The number of hydrogen-bond donors (Lipinski definition) is 2. The van der Waals surface area contributed by atoms with Gasteiger partial charge in [0.2, 0.25) is 5.91 Å². The van der Waals surface area contributed by atoms with Crippen molar-refractivity contribution < 1.29 is 24.3 Å². The van der Waals surface area contributed by atoms with Crippen LogP contribution in [0.1, 0.15) is 62.3 Å². The highest BCUT2D eigenvalue weighted by Gasteiger charge is 2.39. The van der Waals surface area contributed by atoms with Gasteiger partial charge in [-0.3, -0.25) is 19.3 Å². The summed E-state index contributed by atoms with van der Waals surface area (Å²) >= 11 is 0. The van der Waals surface area contributed by atoms with E-state index in [0.29, 0.717) is 23.1 Å². The van der Waals surface area contributed by atoms with Crippen molar-refractivity contribution in [1.82, 2.24) is 10.2 Å². The molecule has 0 aromatic heterocycles. The van der Waals surface area contributed by atoms with E-state index in [9.17, 15) is 19.2 Å². The molecule has 0 spiro atoms. The fourth-order valence-electron chi connectivity index (χ4n) is 4.55. The first-order chi connectivity index (χ1) is 15.0. The largest absolute Gasteiger partial charge is 0.478 e. The number of carbonyl (C=O) groups is 4. The summed E-state index contributed by atoms with van der Waals surface area (Å²) in [6.07, 6.45) is 3.36. The average molecular weight is 420 g/mol. The molecular formula is C24H24N2O5. The molecule has 4 rings (SSSR count). The molecule has 1 aliphatic heterocycles. The third-order valence-corrected chi connectivity index (χ3v) is 6.18. The highest BCUT2D eigenvalue weighted by atomic mass is 16.4. The monoisotopic (exact) mass is 420 g/mol. The van der Waals surface area contributed by atoms with Crippen molar-refractivity contribution in [3.8, 4) is 0 Å². The SMILES string of the molecule is O=C(O)c1cccc(CNC(=O)C2CCCCC2CN2C(=O)c3ccccc3C2=O)c1. The van der Waals surface area contributed by atoms with E-state index in [1.807, 2.05) is 0 Å². The summed E-state index contributed by atoms with van der Waals surface area (Å²) in [5.41, 5.74) is 1.72. The summed E-state index contributed by atoms with van der Waals surface area (Å²) in [6.45, 7) is 0.467. The number of amides is 3. The topological polar surface area (TPSA) is 104 Å². The molecule has 1 aliphatic carbocycles. The maximum atomic E-state index is 12.9. The van der Waals surface area contributed by atoms with E-state index in [4.69, 9.17) is 5.11 Å². The van der Waals surface area contributed by atoms with Crippen LogP contribution in [0.25, 0.3) is 0 Å². The number of carbonyl (C=O) groups excluding carboxylic acids is 3. The van der Waals surface area contributed by atoms with Crippen LogP contribution in [0, 0.1) is 11.8 Å². The number of benzene rings is 2. The summed E-state index contributed by atoms with van der Waals surface area (Å²) in [5.74, 6) is -2.11. The average Bonchev–Trinajstić information content (AvgIpc) is 3.03. The molecule has 2 aromatic rings. The molecule has 0 bridgehead atoms. The molecule has 2 N–H and O–H groups in total. The molecule has 0 radical (unpaired) electrons. The Kier molecular flexibility index (Phi) is 5.84. The predicted molar refractivity (Wildman–Crippen MR) is 113 cm³/mol. The Hall–Kier alpha value is -3.48. The molecule has 31 heavy (non-hydrogen) atoms. The number of aromatic carboxylic acids is 1. The first-order valence-electron chi connectivity index (χ1n) is 10.5. The smallest absolute Gasteiger partial charge is 0.335 e. The number of nitrogens with one attached hydrogen (secondary N) is 1. The van der Waals surface area contributed by atoms with Crippen LogP contribution in [0.3, 0.4) is 0 Å². The van der Waals surface area contributed by atoms with E-state index >= 15 is 0 Å². The van der Waals surface area contributed by atoms with Crippen LogP contribution in [-0.4, -0.2) is 40.2 Å². The Bertz CT molecular complexity index is 1010. The highest BCUT2D eigenvalue weighted by molar-refractivity contribution is 6.21. The van der Waals surface area contributed by atoms with E-state index in [-0.39, 0.29) is 48.2 Å². The van der Waals surface area contributed by atoms with Gasteiger partial charge in [0, 0.05) is 19.0 Å². The quantitative estimate of drug-likeness (QED) is 0.699. The van der Waals surface area contributed by atoms with Gasteiger partial charge in [-0.2, -0.15) is 0 Å². The van der Waals surface area contributed by atoms with Gasteiger partial charge in [-0.25, -0.2) is 4.79 Å². The van der Waals surface area contributed by atoms with Gasteiger partial charge in [0.1, 0.15) is 0 Å². The summed E-state index contributed by atoms with van der Waals surface area (Å²) in [5, 5.41) is 12.0. The first kappa shape index (κ1) is 20.8. The van der Waals surface area contributed by atoms with Crippen LogP contribution in [0.4, 0.5) is 0 Å². The zero-order valence-corrected chi connectivity index (χ0v) is 17.0. The van der Waals surface area contributed by atoms with E-state index in [1.165, 1.54) is 11.0 Å². The number of imide groups is 1. The van der Waals surface area contributed by atoms with Gasteiger partial charge in [0.25, 0.3) is 11.8 Å². The van der Waals surface area contributed by atoms with Crippen LogP contribution in [0.2, 0.25) is 0 Å². The molecule has 0 saturated heterocycles. The van der Waals surface area contributed by atoms with Gasteiger partial charge in [0.05, 0.1) is 16.7 Å². The first-order valence-corrected chi connectivity index (χ1v) is 10.5. The van der Waals surface area contributed by atoms with Crippen LogP contribution in [-0.2, 0) is 11.3 Å². The van der Waals surface area contributed by atoms with Crippen molar-refractivity contribution in [2.45, 2.75) is 32.2 Å². The molecule has 1 heterocycles. The lowest BCUT2D eigenvalue weighted by Gasteiger charge is -2.32. The maximum absolute atomic E-state index is 12.9. The Balaban J connectivity index is 1.42. The Morgan fingerprint density at radius 2 is 1.65 bits per heavy atom. The third-order valence-electron chi connectivity index (χ3n) is 6.18. The Morgan fingerprint density at radius 3 is 2.32 bits per heavy atom. The molecule has 3 amide bonds. The number of rotatable bonds is 6. The molecule has 1 fully saturated rings. The summed E-state index contributed by atoms with van der Waals surface area (Å²) in [7, 11) is 0. The lowest BCUT2D eigenvalue weighted by Crippen LogP contribution is -2.43.